The fraction of sp³-hybridized carbons (Fsp3) is 0.471. The molecule has 0 spiro atoms. The van der Waals surface area contributed by atoms with Gasteiger partial charge in [-0.25, -0.2) is 4.98 Å². The maximum Gasteiger partial charge on any atom is 0.254 e. The first-order chi connectivity index (χ1) is 11.3. The molecule has 122 valence electrons. The van der Waals surface area contributed by atoms with E-state index in [0.29, 0.717) is 24.6 Å². The zero-order chi connectivity index (χ0) is 16.0. The highest BCUT2D eigenvalue weighted by molar-refractivity contribution is 5.93. The number of H-pyrrole nitrogens is 1. The van der Waals surface area contributed by atoms with Crippen molar-refractivity contribution in [3.05, 3.63) is 42.4 Å². The summed E-state index contributed by atoms with van der Waals surface area (Å²) in [5, 5.41) is 9.51. The third-order valence-corrected chi connectivity index (χ3v) is 4.46. The molecule has 0 unspecified atom stereocenters. The normalized spacial score (nSPS) is 16.7. The Morgan fingerprint density at radius 1 is 1.30 bits per heavy atom. The van der Waals surface area contributed by atoms with Gasteiger partial charge in [0, 0.05) is 30.4 Å². The smallest absolute Gasteiger partial charge is 0.254 e. The van der Waals surface area contributed by atoms with Gasteiger partial charge in [-0.1, -0.05) is 25.3 Å². The van der Waals surface area contributed by atoms with Crippen molar-refractivity contribution < 1.29 is 9.53 Å². The number of rotatable bonds is 6. The molecule has 0 aliphatic heterocycles. The number of carbonyl (C=O) groups is 1. The van der Waals surface area contributed by atoms with Crippen molar-refractivity contribution in [3.8, 4) is 5.88 Å². The highest BCUT2D eigenvalue weighted by Crippen LogP contribution is 2.36. The molecule has 2 N–H and O–H groups in total. The van der Waals surface area contributed by atoms with Gasteiger partial charge in [0.1, 0.15) is 0 Å². The average molecular weight is 314 g/mol. The fourth-order valence-electron chi connectivity index (χ4n) is 3.08. The molecule has 1 saturated carbocycles. The molecule has 6 heteroatoms. The van der Waals surface area contributed by atoms with E-state index >= 15 is 0 Å². The molecule has 3 rings (SSSR count). The number of nitrogens with one attached hydrogen (secondary N) is 2. The van der Waals surface area contributed by atoms with E-state index in [1.807, 2.05) is 18.2 Å². The van der Waals surface area contributed by atoms with Gasteiger partial charge < -0.3 is 10.1 Å². The molecule has 0 aromatic carbocycles. The lowest BCUT2D eigenvalue weighted by Gasteiger charge is -2.36. The van der Waals surface area contributed by atoms with E-state index in [1.54, 1.807) is 12.4 Å². The maximum atomic E-state index is 12.1. The Morgan fingerprint density at radius 2 is 2.17 bits per heavy atom. The van der Waals surface area contributed by atoms with Crippen LogP contribution in [-0.2, 0) is 0 Å². The minimum absolute atomic E-state index is 0.0187. The first kappa shape index (κ1) is 15.5. The van der Waals surface area contributed by atoms with Gasteiger partial charge >= 0.3 is 0 Å². The number of hydrogen-bond acceptors (Lipinski definition) is 4. The Bertz CT molecular complexity index is 607. The lowest BCUT2D eigenvalue weighted by Crippen LogP contribution is -2.42. The second-order valence-corrected chi connectivity index (χ2v) is 6.19. The summed E-state index contributed by atoms with van der Waals surface area (Å²) < 4.78 is 5.89. The zero-order valence-electron chi connectivity index (χ0n) is 13.1. The largest absolute Gasteiger partial charge is 0.477 e. The SMILES string of the molecule is O=C(NCC1(COc2ccccn2)CCCCC1)c1cn[nH]c1. The average Bonchev–Trinajstić information content (AvgIpc) is 3.15. The van der Waals surface area contributed by atoms with Crippen molar-refractivity contribution in [2.45, 2.75) is 32.1 Å². The number of nitrogens with zero attached hydrogens (tertiary/aromatic N) is 2. The number of carbonyl (C=O) groups excluding carboxylic acids is 1. The van der Waals surface area contributed by atoms with Gasteiger partial charge in [-0.05, 0) is 18.9 Å². The van der Waals surface area contributed by atoms with Gasteiger partial charge in [0.05, 0.1) is 18.4 Å². The standard InChI is InChI=1S/C17H22N4O2/c22-16(14-10-20-21-11-14)19-12-17(7-3-1-4-8-17)13-23-15-6-2-5-9-18-15/h2,5-6,9-11H,1,3-4,7-8,12-13H2,(H,19,22)(H,20,21). The van der Waals surface area contributed by atoms with Gasteiger partial charge in [-0.2, -0.15) is 5.10 Å². The molecular formula is C17H22N4O2. The number of amides is 1. The Kier molecular flexibility index (Phi) is 4.90. The van der Waals surface area contributed by atoms with Crippen LogP contribution in [0.4, 0.5) is 0 Å². The molecule has 0 saturated heterocycles. The Morgan fingerprint density at radius 3 is 2.87 bits per heavy atom. The van der Waals surface area contributed by atoms with Crippen molar-refractivity contribution in [2.75, 3.05) is 13.2 Å². The molecule has 0 bridgehead atoms. The minimum Gasteiger partial charge on any atom is -0.477 e. The highest BCUT2D eigenvalue weighted by atomic mass is 16.5. The van der Waals surface area contributed by atoms with E-state index in [9.17, 15) is 4.79 Å². The summed E-state index contributed by atoms with van der Waals surface area (Å²) in [6, 6.07) is 5.64. The van der Waals surface area contributed by atoms with Gasteiger partial charge in [0.2, 0.25) is 5.88 Å². The van der Waals surface area contributed by atoms with Crippen LogP contribution < -0.4 is 10.1 Å². The first-order valence-corrected chi connectivity index (χ1v) is 8.08. The topological polar surface area (TPSA) is 79.9 Å². The molecular weight excluding hydrogens is 292 g/mol. The van der Waals surface area contributed by atoms with E-state index in [2.05, 4.69) is 20.5 Å². The van der Waals surface area contributed by atoms with Crippen molar-refractivity contribution in [1.29, 1.82) is 0 Å². The van der Waals surface area contributed by atoms with Crippen LogP contribution in [0.25, 0.3) is 0 Å². The number of pyridine rings is 1. The summed E-state index contributed by atoms with van der Waals surface area (Å²) >= 11 is 0. The Labute approximate surface area is 135 Å². The minimum atomic E-state index is -0.0958. The number of aromatic amines is 1. The monoisotopic (exact) mass is 314 g/mol. The second-order valence-electron chi connectivity index (χ2n) is 6.19. The molecule has 1 aliphatic rings. The van der Waals surface area contributed by atoms with Crippen LogP contribution in [0.15, 0.2) is 36.8 Å². The first-order valence-electron chi connectivity index (χ1n) is 8.08. The van der Waals surface area contributed by atoms with Crippen LogP contribution in [0.5, 0.6) is 5.88 Å². The number of ether oxygens (including phenoxy) is 1. The predicted molar refractivity (Wildman–Crippen MR) is 86.2 cm³/mol. The lowest BCUT2D eigenvalue weighted by molar-refractivity contribution is 0.0777. The van der Waals surface area contributed by atoms with E-state index in [4.69, 9.17) is 4.74 Å². The van der Waals surface area contributed by atoms with Gasteiger partial charge in [-0.15, -0.1) is 0 Å². The van der Waals surface area contributed by atoms with Crippen LogP contribution in [0.1, 0.15) is 42.5 Å². The van der Waals surface area contributed by atoms with Crippen molar-refractivity contribution in [2.24, 2.45) is 5.41 Å². The zero-order valence-corrected chi connectivity index (χ0v) is 13.1. The molecule has 0 radical (unpaired) electrons. The predicted octanol–water partition coefficient (Wildman–Crippen LogP) is 2.56. The van der Waals surface area contributed by atoms with Gasteiger partial charge in [-0.3, -0.25) is 9.89 Å². The number of aromatic nitrogens is 3. The summed E-state index contributed by atoms with van der Waals surface area (Å²) in [7, 11) is 0. The van der Waals surface area contributed by atoms with Gasteiger partial charge in [0.25, 0.3) is 5.91 Å². The highest BCUT2D eigenvalue weighted by Gasteiger charge is 2.33. The van der Waals surface area contributed by atoms with Crippen LogP contribution in [-0.4, -0.2) is 34.2 Å². The third kappa shape index (κ3) is 4.09. The van der Waals surface area contributed by atoms with Crippen LogP contribution in [0.3, 0.4) is 0 Å². The number of hydrogen-bond donors (Lipinski definition) is 2. The van der Waals surface area contributed by atoms with E-state index in [0.717, 1.165) is 12.8 Å². The molecule has 2 heterocycles. The van der Waals surface area contributed by atoms with Crippen LogP contribution in [0, 0.1) is 5.41 Å². The molecule has 1 aliphatic carbocycles. The lowest BCUT2D eigenvalue weighted by atomic mass is 9.74. The van der Waals surface area contributed by atoms with Crippen LogP contribution in [0.2, 0.25) is 0 Å². The maximum absolute atomic E-state index is 12.1. The van der Waals surface area contributed by atoms with E-state index < -0.39 is 0 Å². The Balaban J connectivity index is 1.61. The molecule has 23 heavy (non-hydrogen) atoms. The quantitative estimate of drug-likeness (QED) is 0.859. The summed E-state index contributed by atoms with van der Waals surface area (Å²) in [5.41, 5.74) is 0.538. The molecule has 1 fully saturated rings. The van der Waals surface area contributed by atoms with Crippen molar-refractivity contribution >= 4 is 5.91 Å². The summed E-state index contributed by atoms with van der Waals surface area (Å²) in [4.78, 5) is 16.3. The molecule has 2 aromatic rings. The Hall–Kier alpha value is -2.37. The molecule has 0 atom stereocenters. The van der Waals surface area contributed by atoms with E-state index in [-0.39, 0.29) is 11.3 Å². The van der Waals surface area contributed by atoms with Crippen LogP contribution >= 0.6 is 0 Å². The van der Waals surface area contributed by atoms with Crippen molar-refractivity contribution in [3.63, 3.8) is 0 Å². The molecule has 2 aromatic heterocycles. The fourth-order valence-corrected chi connectivity index (χ4v) is 3.08. The second kappa shape index (κ2) is 7.26. The summed E-state index contributed by atoms with van der Waals surface area (Å²) in [6.07, 6.45) is 10.6. The summed E-state index contributed by atoms with van der Waals surface area (Å²) in [5.74, 6) is 0.542. The van der Waals surface area contributed by atoms with Gasteiger partial charge in [0.15, 0.2) is 0 Å². The van der Waals surface area contributed by atoms with E-state index in [1.165, 1.54) is 25.5 Å². The molecule has 6 nitrogen and oxygen atoms in total. The molecule has 1 amide bonds. The third-order valence-electron chi connectivity index (χ3n) is 4.46. The summed E-state index contributed by atoms with van der Waals surface area (Å²) in [6.45, 7) is 1.19. The van der Waals surface area contributed by atoms with Crippen molar-refractivity contribution in [1.82, 2.24) is 20.5 Å².